The smallest absolute Gasteiger partial charge is 0.168 e. The number of nitrogens with zero attached hydrogens (tertiary/aromatic N) is 2. The molecule has 1 atom stereocenters. The van der Waals surface area contributed by atoms with E-state index in [1.807, 2.05) is 48.1 Å². The van der Waals surface area contributed by atoms with E-state index in [4.69, 9.17) is 0 Å². The Labute approximate surface area is 114 Å². The Balaban J connectivity index is 2.09. The number of aryl methyl sites for hydroxylation is 1. The second-order valence-corrected chi connectivity index (χ2v) is 5.01. The van der Waals surface area contributed by atoms with Gasteiger partial charge in [-0.3, -0.25) is 9.48 Å². The van der Waals surface area contributed by atoms with Crippen molar-refractivity contribution >= 4 is 5.78 Å². The average Bonchev–Trinajstić information content (AvgIpc) is 2.86. The maximum absolute atomic E-state index is 12.2. The molecule has 0 saturated heterocycles. The monoisotopic (exact) mass is 256 g/mol. The van der Waals surface area contributed by atoms with Crippen molar-refractivity contribution in [1.82, 2.24) is 9.78 Å². The third kappa shape index (κ3) is 3.31. The highest BCUT2D eigenvalue weighted by Gasteiger charge is 2.10. The molecule has 0 aliphatic carbocycles. The molecule has 1 aromatic heterocycles. The van der Waals surface area contributed by atoms with Crippen LogP contribution in [-0.4, -0.2) is 15.6 Å². The first kappa shape index (κ1) is 13.5. The normalized spacial score (nSPS) is 12.4. The molecule has 0 fully saturated rings. The topological polar surface area (TPSA) is 34.9 Å². The van der Waals surface area contributed by atoms with Crippen LogP contribution in [0.5, 0.6) is 0 Å². The molecule has 0 amide bonds. The van der Waals surface area contributed by atoms with Gasteiger partial charge in [0, 0.05) is 17.8 Å². The van der Waals surface area contributed by atoms with Crippen LogP contribution in [0.3, 0.4) is 0 Å². The van der Waals surface area contributed by atoms with Crippen LogP contribution in [0.15, 0.2) is 36.5 Å². The molecule has 2 rings (SSSR count). The molecule has 1 aromatic carbocycles. The Morgan fingerprint density at radius 2 is 2.16 bits per heavy atom. The van der Waals surface area contributed by atoms with Gasteiger partial charge < -0.3 is 0 Å². The van der Waals surface area contributed by atoms with Crippen LogP contribution in [0, 0.1) is 6.92 Å². The zero-order chi connectivity index (χ0) is 13.8. The minimum Gasteiger partial charge on any atom is -0.294 e. The number of carbonyl (C=O) groups excluding carboxylic acids is 1. The van der Waals surface area contributed by atoms with Gasteiger partial charge in [-0.15, -0.1) is 0 Å². The summed E-state index contributed by atoms with van der Waals surface area (Å²) in [5, 5.41) is 4.46. The quantitative estimate of drug-likeness (QED) is 0.766. The molecule has 3 heteroatoms. The standard InChI is InChI=1S/C16H20N2O/c1-4-13(3)18-9-8-15(17-18)11-16(19)14-7-5-6-12(2)10-14/h5-10,13H,4,11H2,1-3H3. The maximum Gasteiger partial charge on any atom is 0.168 e. The van der Waals surface area contributed by atoms with Crippen LogP contribution < -0.4 is 0 Å². The van der Waals surface area contributed by atoms with Crippen molar-refractivity contribution in [3.05, 3.63) is 53.3 Å². The molecule has 2 aromatic rings. The van der Waals surface area contributed by atoms with Crippen LogP contribution in [0.4, 0.5) is 0 Å². The molecular formula is C16H20N2O. The summed E-state index contributed by atoms with van der Waals surface area (Å²) in [7, 11) is 0. The van der Waals surface area contributed by atoms with Crippen LogP contribution >= 0.6 is 0 Å². The first-order valence-electron chi connectivity index (χ1n) is 6.74. The number of hydrogen-bond acceptors (Lipinski definition) is 2. The van der Waals surface area contributed by atoms with E-state index in [0.29, 0.717) is 12.5 Å². The first-order chi connectivity index (χ1) is 9.10. The molecule has 0 spiro atoms. The predicted molar refractivity (Wildman–Crippen MR) is 76.4 cm³/mol. The minimum absolute atomic E-state index is 0.123. The molecule has 19 heavy (non-hydrogen) atoms. The largest absolute Gasteiger partial charge is 0.294 e. The molecule has 0 radical (unpaired) electrons. The van der Waals surface area contributed by atoms with Gasteiger partial charge in [0.1, 0.15) is 0 Å². The lowest BCUT2D eigenvalue weighted by molar-refractivity contribution is 0.0991. The Bertz CT molecular complexity index is 572. The summed E-state index contributed by atoms with van der Waals surface area (Å²) in [6.45, 7) is 6.25. The number of hydrogen-bond donors (Lipinski definition) is 0. The number of ketones is 1. The molecule has 0 N–H and O–H groups in total. The Morgan fingerprint density at radius 1 is 1.37 bits per heavy atom. The Kier molecular flexibility index (Phi) is 4.15. The summed E-state index contributed by atoms with van der Waals surface area (Å²) in [5.41, 5.74) is 2.71. The highest BCUT2D eigenvalue weighted by Crippen LogP contribution is 2.12. The van der Waals surface area contributed by atoms with Gasteiger partial charge in [-0.1, -0.05) is 30.7 Å². The molecule has 0 aliphatic heterocycles. The average molecular weight is 256 g/mol. The lowest BCUT2D eigenvalue weighted by Crippen LogP contribution is -2.08. The second kappa shape index (κ2) is 5.83. The van der Waals surface area contributed by atoms with Crippen LogP contribution in [-0.2, 0) is 6.42 Å². The summed E-state index contributed by atoms with van der Waals surface area (Å²) in [6.07, 6.45) is 3.35. The lowest BCUT2D eigenvalue weighted by atomic mass is 10.0. The summed E-state index contributed by atoms with van der Waals surface area (Å²) < 4.78 is 1.93. The third-order valence-corrected chi connectivity index (χ3v) is 3.39. The fourth-order valence-corrected chi connectivity index (χ4v) is 1.99. The number of carbonyl (C=O) groups is 1. The van der Waals surface area contributed by atoms with Gasteiger partial charge >= 0.3 is 0 Å². The zero-order valence-corrected chi connectivity index (χ0v) is 11.8. The summed E-state index contributed by atoms with van der Waals surface area (Å²) in [5.74, 6) is 0.123. The summed E-state index contributed by atoms with van der Waals surface area (Å²) in [6, 6.07) is 10.0. The zero-order valence-electron chi connectivity index (χ0n) is 11.8. The fourth-order valence-electron chi connectivity index (χ4n) is 1.99. The summed E-state index contributed by atoms with van der Waals surface area (Å²) >= 11 is 0. The van der Waals surface area contributed by atoms with Gasteiger partial charge in [0.2, 0.25) is 0 Å². The SMILES string of the molecule is CCC(C)n1ccc(CC(=O)c2cccc(C)c2)n1. The van der Waals surface area contributed by atoms with E-state index >= 15 is 0 Å². The van der Waals surface area contributed by atoms with E-state index in [0.717, 1.165) is 23.2 Å². The molecule has 0 aliphatic rings. The number of benzene rings is 1. The van der Waals surface area contributed by atoms with Gasteiger partial charge in [-0.25, -0.2) is 0 Å². The number of rotatable bonds is 5. The highest BCUT2D eigenvalue weighted by atomic mass is 16.1. The van der Waals surface area contributed by atoms with Crippen molar-refractivity contribution in [3.63, 3.8) is 0 Å². The fraction of sp³-hybridized carbons (Fsp3) is 0.375. The molecule has 0 bridgehead atoms. The maximum atomic E-state index is 12.2. The molecule has 0 saturated carbocycles. The molecule has 1 unspecified atom stereocenters. The van der Waals surface area contributed by atoms with Crippen molar-refractivity contribution in [2.75, 3.05) is 0 Å². The van der Waals surface area contributed by atoms with E-state index in [9.17, 15) is 4.79 Å². The van der Waals surface area contributed by atoms with Crippen molar-refractivity contribution in [3.8, 4) is 0 Å². The van der Waals surface area contributed by atoms with E-state index in [1.165, 1.54) is 0 Å². The van der Waals surface area contributed by atoms with E-state index in [2.05, 4.69) is 18.9 Å². The predicted octanol–water partition coefficient (Wildman–Crippen LogP) is 3.59. The first-order valence-corrected chi connectivity index (χ1v) is 6.74. The number of aromatic nitrogens is 2. The highest BCUT2D eigenvalue weighted by molar-refractivity contribution is 5.97. The van der Waals surface area contributed by atoms with Gasteiger partial charge in [-0.05, 0) is 32.4 Å². The second-order valence-electron chi connectivity index (χ2n) is 5.01. The van der Waals surface area contributed by atoms with Gasteiger partial charge in [0.05, 0.1) is 12.1 Å². The molecule has 3 nitrogen and oxygen atoms in total. The Morgan fingerprint density at radius 3 is 2.84 bits per heavy atom. The minimum atomic E-state index is 0.123. The van der Waals surface area contributed by atoms with E-state index < -0.39 is 0 Å². The van der Waals surface area contributed by atoms with Gasteiger partial charge in [-0.2, -0.15) is 5.10 Å². The molecule has 1 heterocycles. The van der Waals surface area contributed by atoms with Crippen molar-refractivity contribution in [1.29, 1.82) is 0 Å². The van der Waals surface area contributed by atoms with Crippen molar-refractivity contribution in [2.24, 2.45) is 0 Å². The van der Waals surface area contributed by atoms with Crippen LogP contribution in [0.1, 0.15) is 47.9 Å². The van der Waals surface area contributed by atoms with Gasteiger partial charge in [0.15, 0.2) is 5.78 Å². The van der Waals surface area contributed by atoms with E-state index in [1.54, 1.807) is 0 Å². The molecular weight excluding hydrogens is 236 g/mol. The summed E-state index contributed by atoms with van der Waals surface area (Å²) in [4.78, 5) is 12.2. The van der Waals surface area contributed by atoms with Crippen molar-refractivity contribution in [2.45, 2.75) is 39.7 Å². The van der Waals surface area contributed by atoms with Crippen molar-refractivity contribution < 1.29 is 4.79 Å². The van der Waals surface area contributed by atoms with Gasteiger partial charge in [0.25, 0.3) is 0 Å². The lowest BCUT2D eigenvalue weighted by Gasteiger charge is -2.08. The number of Topliss-reactive ketones (excluding diaryl/α,β-unsaturated/α-hetero) is 1. The van der Waals surface area contributed by atoms with Crippen LogP contribution in [0.25, 0.3) is 0 Å². The third-order valence-electron chi connectivity index (χ3n) is 3.39. The van der Waals surface area contributed by atoms with Crippen LogP contribution in [0.2, 0.25) is 0 Å². The molecule has 100 valence electrons. The van der Waals surface area contributed by atoms with E-state index in [-0.39, 0.29) is 5.78 Å². The Hall–Kier alpha value is -1.90.